The molecule has 11 nitrogen and oxygen atoms in total. The molecular weight excluding hydrogens is 432 g/mol. The number of benzene rings is 1. The molecule has 1 saturated heterocycles. The molecule has 2 atom stereocenters. The summed E-state index contributed by atoms with van der Waals surface area (Å²) >= 11 is 1.28. The molecule has 1 amide bonds. The number of rotatable bonds is 9. The van der Waals surface area contributed by atoms with Crippen LogP contribution in [0.4, 0.5) is 16.2 Å². The van der Waals surface area contributed by atoms with E-state index in [0.717, 1.165) is 19.5 Å². The zero-order valence-corrected chi connectivity index (χ0v) is 18.6. The second-order valence-electron chi connectivity index (χ2n) is 7.03. The van der Waals surface area contributed by atoms with Gasteiger partial charge >= 0.3 is 0 Å². The number of nitrogens with zero attached hydrogens (tertiary/aromatic N) is 6. The average molecular weight is 457 g/mol. The Kier molecular flexibility index (Phi) is 7.02. The van der Waals surface area contributed by atoms with E-state index < -0.39 is 6.10 Å². The van der Waals surface area contributed by atoms with Gasteiger partial charge in [0.25, 0.3) is 5.91 Å². The van der Waals surface area contributed by atoms with Crippen LogP contribution in [0, 0.1) is 0 Å². The minimum Gasteiger partial charge on any atom is -0.497 e. The molecule has 32 heavy (non-hydrogen) atoms. The van der Waals surface area contributed by atoms with Crippen LogP contribution in [0.2, 0.25) is 0 Å². The van der Waals surface area contributed by atoms with Gasteiger partial charge in [0, 0.05) is 25.7 Å². The van der Waals surface area contributed by atoms with E-state index in [-0.39, 0.29) is 11.9 Å². The summed E-state index contributed by atoms with van der Waals surface area (Å²) in [5, 5.41) is 23.4. The number of anilines is 3. The van der Waals surface area contributed by atoms with Crippen molar-refractivity contribution >= 4 is 33.5 Å². The Morgan fingerprint density at radius 3 is 2.94 bits per heavy atom. The first-order chi connectivity index (χ1) is 15.7. The van der Waals surface area contributed by atoms with E-state index in [1.165, 1.54) is 11.3 Å². The lowest BCUT2D eigenvalue weighted by atomic mass is 10.1. The number of methoxy groups -OCH3 is 1. The van der Waals surface area contributed by atoms with Gasteiger partial charge in [-0.25, -0.2) is 4.98 Å². The van der Waals surface area contributed by atoms with Gasteiger partial charge in [0.15, 0.2) is 6.10 Å². The molecule has 0 aliphatic carbocycles. The second kappa shape index (κ2) is 10.3. The molecule has 1 aliphatic rings. The Bertz CT molecular complexity index is 1030. The summed E-state index contributed by atoms with van der Waals surface area (Å²) < 4.78 is 10.9. The van der Waals surface area contributed by atoms with Gasteiger partial charge in [-0.05, 0) is 31.0 Å². The molecule has 4 rings (SSSR count). The zero-order valence-electron chi connectivity index (χ0n) is 17.8. The monoisotopic (exact) mass is 456 g/mol. The van der Waals surface area contributed by atoms with Crippen LogP contribution in [0.15, 0.2) is 36.7 Å². The summed E-state index contributed by atoms with van der Waals surface area (Å²) in [5.41, 5.74) is 0.704. The van der Waals surface area contributed by atoms with Crippen molar-refractivity contribution in [2.24, 2.45) is 0 Å². The van der Waals surface area contributed by atoms with E-state index in [1.807, 2.05) is 25.1 Å². The third-order valence-electron chi connectivity index (χ3n) is 4.89. The fourth-order valence-corrected chi connectivity index (χ4v) is 4.14. The summed E-state index contributed by atoms with van der Waals surface area (Å²) in [6, 6.07) is 7.42. The summed E-state index contributed by atoms with van der Waals surface area (Å²) in [7, 11) is 1.58. The molecule has 0 radical (unpaired) electrons. The fourth-order valence-electron chi connectivity index (χ4n) is 3.42. The molecule has 0 unspecified atom stereocenters. The minimum absolute atomic E-state index is 0.170. The van der Waals surface area contributed by atoms with Crippen molar-refractivity contribution in [1.82, 2.24) is 25.4 Å². The first-order valence-corrected chi connectivity index (χ1v) is 11.0. The summed E-state index contributed by atoms with van der Waals surface area (Å²) in [6.45, 7) is 3.78. The Morgan fingerprint density at radius 2 is 2.16 bits per heavy atom. The highest BCUT2D eigenvalue weighted by Gasteiger charge is 2.26. The number of hydrogen-bond acceptors (Lipinski definition) is 11. The van der Waals surface area contributed by atoms with E-state index in [1.54, 1.807) is 25.6 Å². The van der Waals surface area contributed by atoms with Gasteiger partial charge in [-0.15, -0.1) is 15.3 Å². The predicted octanol–water partition coefficient (Wildman–Crippen LogP) is 2.14. The largest absolute Gasteiger partial charge is 0.497 e. The molecule has 1 aliphatic heterocycles. The van der Waals surface area contributed by atoms with Gasteiger partial charge in [-0.2, -0.15) is 5.10 Å². The van der Waals surface area contributed by atoms with Crippen molar-refractivity contribution in [3.05, 3.63) is 42.2 Å². The van der Waals surface area contributed by atoms with Crippen LogP contribution in [0.1, 0.15) is 25.0 Å². The molecule has 12 heteroatoms. The van der Waals surface area contributed by atoms with Crippen molar-refractivity contribution in [2.75, 3.05) is 42.3 Å². The average Bonchev–Trinajstić information content (AvgIpc) is 3.48. The van der Waals surface area contributed by atoms with Gasteiger partial charge in [-0.1, -0.05) is 23.5 Å². The molecule has 1 fully saturated rings. The molecule has 3 aromatic rings. The first kappa shape index (κ1) is 21.8. The predicted molar refractivity (Wildman–Crippen MR) is 120 cm³/mol. The summed E-state index contributed by atoms with van der Waals surface area (Å²) in [4.78, 5) is 19.2. The van der Waals surface area contributed by atoms with Crippen LogP contribution in [0.5, 0.6) is 5.75 Å². The molecule has 1 aromatic carbocycles. The van der Waals surface area contributed by atoms with Crippen molar-refractivity contribution in [2.45, 2.75) is 25.5 Å². The zero-order chi connectivity index (χ0) is 22.3. The van der Waals surface area contributed by atoms with Crippen LogP contribution < -0.4 is 20.3 Å². The Balaban J connectivity index is 1.36. The highest BCUT2D eigenvalue weighted by Crippen LogP contribution is 2.27. The lowest BCUT2D eigenvalue weighted by Gasteiger charge is -2.17. The Hall–Kier alpha value is -3.38. The molecule has 0 bridgehead atoms. The molecular formula is C20H24N8O3S. The molecule has 0 spiro atoms. The van der Waals surface area contributed by atoms with Gasteiger partial charge in [0.1, 0.15) is 5.75 Å². The van der Waals surface area contributed by atoms with E-state index in [9.17, 15) is 4.79 Å². The number of aromatic nitrogens is 5. The smallest absolute Gasteiger partial charge is 0.259 e. The molecule has 3 heterocycles. The number of carbonyl (C=O) groups is 1. The van der Waals surface area contributed by atoms with Crippen LogP contribution in [0.3, 0.4) is 0 Å². The lowest BCUT2D eigenvalue weighted by Crippen LogP contribution is -2.27. The summed E-state index contributed by atoms with van der Waals surface area (Å²) in [6.07, 6.45) is 3.31. The minimum atomic E-state index is -0.779. The number of nitrogens with one attached hydrogen (secondary N) is 2. The standard InChI is InChI=1S/C20H24N8O3S/c1-3-31-16(13-5-4-6-15(11-13)30-2)17(29)24-20-27-26-19(32-20)23-14-7-10-28(12-14)18-21-8-9-22-25-18/h4-6,8-9,11,14,16H,3,7,10,12H2,1-2H3,(H,23,26)(H,24,27,29)/t14-,16-/m0/s1. The molecule has 0 saturated carbocycles. The molecule has 168 valence electrons. The van der Waals surface area contributed by atoms with Gasteiger partial charge < -0.3 is 19.7 Å². The van der Waals surface area contributed by atoms with Gasteiger partial charge in [0.2, 0.25) is 16.2 Å². The maximum absolute atomic E-state index is 12.9. The SMILES string of the molecule is CCO[C@H](C(=O)Nc1nnc(N[C@H]2CCN(c3nccnn3)C2)s1)c1cccc(OC)c1. The lowest BCUT2D eigenvalue weighted by molar-refractivity contribution is -0.127. The maximum atomic E-state index is 12.9. The Labute approximate surface area is 189 Å². The number of amides is 1. The number of hydrogen-bond donors (Lipinski definition) is 2. The van der Waals surface area contributed by atoms with E-state index >= 15 is 0 Å². The van der Waals surface area contributed by atoms with Crippen LogP contribution in [-0.4, -0.2) is 64.1 Å². The Morgan fingerprint density at radius 1 is 1.28 bits per heavy atom. The van der Waals surface area contributed by atoms with Crippen LogP contribution in [-0.2, 0) is 9.53 Å². The second-order valence-corrected chi connectivity index (χ2v) is 8.01. The van der Waals surface area contributed by atoms with E-state index in [2.05, 4.69) is 40.9 Å². The number of carbonyl (C=O) groups excluding carboxylic acids is 1. The number of ether oxygens (including phenoxy) is 2. The highest BCUT2D eigenvalue weighted by molar-refractivity contribution is 7.19. The van der Waals surface area contributed by atoms with Crippen molar-refractivity contribution < 1.29 is 14.3 Å². The quantitative estimate of drug-likeness (QED) is 0.494. The molecule has 2 aromatic heterocycles. The first-order valence-electron chi connectivity index (χ1n) is 10.2. The van der Waals surface area contributed by atoms with Crippen molar-refractivity contribution in [3.8, 4) is 5.75 Å². The van der Waals surface area contributed by atoms with E-state index in [4.69, 9.17) is 9.47 Å². The van der Waals surface area contributed by atoms with Crippen molar-refractivity contribution in [3.63, 3.8) is 0 Å². The van der Waals surface area contributed by atoms with Gasteiger partial charge in [0.05, 0.1) is 19.5 Å². The normalized spacial score (nSPS) is 16.6. The van der Waals surface area contributed by atoms with E-state index in [0.29, 0.717) is 34.1 Å². The van der Waals surface area contributed by atoms with Crippen LogP contribution in [0.25, 0.3) is 0 Å². The van der Waals surface area contributed by atoms with Gasteiger partial charge in [-0.3, -0.25) is 10.1 Å². The topological polar surface area (TPSA) is 127 Å². The van der Waals surface area contributed by atoms with Crippen molar-refractivity contribution in [1.29, 1.82) is 0 Å². The third-order valence-corrected chi connectivity index (χ3v) is 5.66. The maximum Gasteiger partial charge on any atom is 0.259 e. The van der Waals surface area contributed by atoms with Crippen LogP contribution >= 0.6 is 11.3 Å². The highest BCUT2D eigenvalue weighted by atomic mass is 32.1. The fraction of sp³-hybridized carbons (Fsp3) is 0.400. The molecule has 2 N–H and O–H groups in total. The third kappa shape index (κ3) is 5.26. The summed E-state index contributed by atoms with van der Waals surface area (Å²) in [5.74, 6) is 0.954.